The van der Waals surface area contributed by atoms with Crippen molar-refractivity contribution in [2.24, 2.45) is 0 Å². The van der Waals surface area contributed by atoms with E-state index in [1.807, 2.05) is 11.1 Å². The van der Waals surface area contributed by atoms with E-state index in [0.29, 0.717) is 12.0 Å². The van der Waals surface area contributed by atoms with Crippen molar-refractivity contribution in [1.29, 1.82) is 0 Å². The van der Waals surface area contributed by atoms with Gasteiger partial charge in [0.2, 0.25) is 0 Å². The molecule has 1 saturated carbocycles. The molecule has 1 N–H and O–H groups in total. The van der Waals surface area contributed by atoms with Gasteiger partial charge in [0.05, 0.1) is 0 Å². The number of piperidine rings is 1. The molecule has 0 radical (unpaired) electrons. The molecule has 1 aromatic heterocycles. The lowest BCUT2D eigenvalue weighted by atomic mass is 9.97. The van der Waals surface area contributed by atoms with Crippen molar-refractivity contribution in [2.75, 3.05) is 33.7 Å². The molecule has 1 aliphatic carbocycles. The Bertz CT molecular complexity index is 550. The fourth-order valence-corrected chi connectivity index (χ4v) is 4.14. The van der Waals surface area contributed by atoms with Crippen LogP contribution in [0.1, 0.15) is 56.7 Å². The van der Waals surface area contributed by atoms with E-state index in [1.165, 1.54) is 12.8 Å². The van der Waals surface area contributed by atoms with Gasteiger partial charge in [-0.05, 0) is 52.7 Å². The molecule has 2 aliphatic rings. The van der Waals surface area contributed by atoms with E-state index < -0.39 is 0 Å². The van der Waals surface area contributed by atoms with E-state index in [4.69, 9.17) is 0 Å². The lowest BCUT2D eigenvalue weighted by Crippen LogP contribution is -2.47. The highest BCUT2D eigenvalue weighted by Crippen LogP contribution is 2.26. The minimum absolute atomic E-state index is 0.127. The second-order valence-electron chi connectivity index (χ2n) is 7.85. The van der Waals surface area contributed by atoms with E-state index in [1.54, 1.807) is 0 Å². The first-order chi connectivity index (χ1) is 12.1. The van der Waals surface area contributed by atoms with Gasteiger partial charge in [-0.25, -0.2) is 9.78 Å². The quantitative estimate of drug-likeness (QED) is 0.861. The van der Waals surface area contributed by atoms with Crippen LogP contribution in [0.15, 0.2) is 12.4 Å². The molecule has 0 spiro atoms. The molecule has 1 saturated heterocycles. The maximum Gasteiger partial charge on any atom is 0.317 e. The topological polar surface area (TPSA) is 53.4 Å². The molecule has 25 heavy (non-hydrogen) atoms. The van der Waals surface area contributed by atoms with E-state index in [2.05, 4.69) is 40.1 Å². The number of aryl methyl sites for hydroxylation is 1. The third-order valence-electron chi connectivity index (χ3n) is 5.51. The first-order valence-corrected chi connectivity index (χ1v) is 9.84. The maximum absolute atomic E-state index is 12.6. The first-order valence-electron chi connectivity index (χ1n) is 9.84. The summed E-state index contributed by atoms with van der Waals surface area (Å²) in [6.45, 7) is 3.75. The summed E-state index contributed by atoms with van der Waals surface area (Å²) in [7, 11) is 4.22. The van der Waals surface area contributed by atoms with Crippen LogP contribution < -0.4 is 5.32 Å². The number of hydrogen-bond acceptors (Lipinski definition) is 3. The molecule has 2 fully saturated rings. The molecule has 6 heteroatoms. The van der Waals surface area contributed by atoms with Gasteiger partial charge in [0.25, 0.3) is 0 Å². The van der Waals surface area contributed by atoms with Crippen molar-refractivity contribution in [3.63, 3.8) is 0 Å². The second kappa shape index (κ2) is 8.70. The number of nitrogens with one attached hydrogen (secondary N) is 1. The van der Waals surface area contributed by atoms with Gasteiger partial charge in [-0.1, -0.05) is 12.8 Å². The zero-order valence-corrected chi connectivity index (χ0v) is 15.8. The average Bonchev–Trinajstić information content (AvgIpc) is 3.26. The van der Waals surface area contributed by atoms with Crippen molar-refractivity contribution >= 4 is 6.03 Å². The van der Waals surface area contributed by atoms with E-state index >= 15 is 0 Å². The van der Waals surface area contributed by atoms with E-state index in [-0.39, 0.29) is 6.03 Å². The number of nitrogens with zero attached hydrogens (tertiary/aromatic N) is 4. The summed E-state index contributed by atoms with van der Waals surface area (Å²) in [6.07, 6.45) is 12.1. The highest BCUT2D eigenvalue weighted by molar-refractivity contribution is 5.74. The Balaban J connectivity index is 1.56. The molecule has 6 nitrogen and oxygen atoms in total. The minimum atomic E-state index is 0.127. The normalized spacial score (nSPS) is 21.9. The highest BCUT2D eigenvalue weighted by Gasteiger charge is 2.28. The summed E-state index contributed by atoms with van der Waals surface area (Å²) in [5, 5.41) is 3.23. The van der Waals surface area contributed by atoms with Gasteiger partial charge in [0, 0.05) is 44.0 Å². The number of amides is 2. The van der Waals surface area contributed by atoms with E-state index in [9.17, 15) is 4.79 Å². The third kappa shape index (κ3) is 4.97. The summed E-state index contributed by atoms with van der Waals surface area (Å²) >= 11 is 0. The summed E-state index contributed by atoms with van der Waals surface area (Å²) in [5.74, 6) is 1.51. The number of carbonyl (C=O) groups is 1. The molecular weight excluding hydrogens is 314 g/mol. The van der Waals surface area contributed by atoms with Gasteiger partial charge < -0.3 is 19.7 Å². The minimum Gasteiger partial charge on any atom is -0.335 e. The van der Waals surface area contributed by atoms with Gasteiger partial charge in [-0.15, -0.1) is 0 Å². The van der Waals surface area contributed by atoms with Crippen molar-refractivity contribution < 1.29 is 4.79 Å². The molecule has 2 amide bonds. The van der Waals surface area contributed by atoms with Crippen LogP contribution >= 0.6 is 0 Å². The van der Waals surface area contributed by atoms with Crippen molar-refractivity contribution in [1.82, 2.24) is 24.7 Å². The summed E-state index contributed by atoms with van der Waals surface area (Å²) in [5.41, 5.74) is 0. The third-order valence-corrected chi connectivity index (χ3v) is 5.51. The Labute approximate surface area is 151 Å². The molecule has 0 unspecified atom stereocenters. The zero-order valence-electron chi connectivity index (χ0n) is 15.8. The first kappa shape index (κ1) is 18.2. The molecule has 3 rings (SSSR count). The molecule has 2 heterocycles. The predicted octanol–water partition coefficient (Wildman–Crippen LogP) is 2.67. The molecule has 1 atom stereocenters. The lowest BCUT2D eigenvalue weighted by Gasteiger charge is -2.33. The number of aromatic nitrogens is 2. The molecule has 140 valence electrons. The molecule has 0 aromatic carbocycles. The van der Waals surface area contributed by atoms with Gasteiger partial charge in [0.1, 0.15) is 5.82 Å². The number of urea groups is 1. The number of imidazole rings is 1. The van der Waals surface area contributed by atoms with Gasteiger partial charge in [-0.2, -0.15) is 0 Å². The van der Waals surface area contributed by atoms with Crippen LogP contribution in [0.3, 0.4) is 0 Å². The van der Waals surface area contributed by atoms with Crippen LogP contribution in [-0.2, 0) is 6.54 Å². The Morgan fingerprint density at radius 2 is 2.08 bits per heavy atom. The molecule has 1 aliphatic heterocycles. The molecular formula is C19H33N5O. The Hall–Kier alpha value is -1.56. The average molecular weight is 348 g/mol. The van der Waals surface area contributed by atoms with Gasteiger partial charge in [-0.3, -0.25) is 0 Å². The summed E-state index contributed by atoms with van der Waals surface area (Å²) in [4.78, 5) is 21.4. The van der Waals surface area contributed by atoms with Crippen LogP contribution in [0.4, 0.5) is 4.79 Å². The Kier molecular flexibility index (Phi) is 6.34. The fourth-order valence-electron chi connectivity index (χ4n) is 4.14. The molecule has 1 aromatic rings. The lowest BCUT2D eigenvalue weighted by molar-refractivity contribution is 0.174. The monoisotopic (exact) mass is 347 g/mol. The second-order valence-corrected chi connectivity index (χ2v) is 7.85. The van der Waals surface area contributed by atoms with Crippen LogP contribution in [-0.4, -0.2) is 65.2 Å². The number of likely N-dealkylation sites (tertiary alicyclic amines) is 1. The van der Waals surface area contributed by atoms with Crippen LogP contribution in [0.2, 0.25) is 0 Å². The predicted molar refractivity (Wildman–Crippen MR) is 99.7 cm³/mol. The summed E-state index contributed by atoms with van der Waals surface area (Å²) in [6, 6.07) is 0.517. The number of hydrogen-bond donors (Lipinski definition) is 1. The highest BCUT2D eigenvalue weighted by atomic mass is 16.2. The smallest absolute Gasteiger partial charge is 0.317 e. The van der Waals surface area contributed by atoms with Crippen LogP contribution in [0.25, 0.3) is 0 Å². The van der Waals surface area contributed by atoms with Crippen molar-refractivity contribution in [2.45, 2.75) is 63.5 Å². The van der Waals surface area contributed by atoms with E-state index in [0.717, 1.165) is 64.1 Å². The summed E-state index contributed by atoms with van der Waals surface area (Å²) < 4.78 is 2.28. The maximum atomic E-state index is 12.6. The van der Waals surface area contributed by atoms with Crippen molar-refractivity contribution in [3.8, 4) is 0 Å². The number of carbonyl (C=O) groups excluding carboxylic acids is 1. The largest absolute Gasteiger partial charge is 0.335 e. The Morgan fingerprint density at radius 1 is 1.28 bits per heavy atom. The standard InChI is InChI=1S/C19H33N5O/c1-22(2)11-6-13-23-14-10-20-18(23)16-7-5-12-24(15-16)19(25)21-17-8-3-4-9-17/h10,14,16-17H,3-9,11-13,15H2,1-2H3,(H,21,25)/t16-/m1/s1. The zero-order chi connectivity index (χ0) is 17.6. The van der Waals surface area contributed by atoms with Gasteiger partial charge >= 0.3 is 6.03 Å². The number of rotatable bonds is 6. The van der Waals surface area contributed by atoms with Crippen LogP contribution in [0, 0.1) is 0 Å². The molecule has 0 bridgehead atoms. The van der Waals surface area contributed by atoms with Crippen molar-refractivity contribution in [3.05, 3.63) is 18.2 Å². The SMILES string of the molecule is CN(C)CCCn1ccnc1[C@@H]1CCCN(C(=O)NC2CCCC2)C1. The fraction of sp³-hybridized carbons (Fsp3) is 0.789. The van der Waals surface area contributed by atoms with Gasteiger partial charge in [0.15, 0.2) is 0 Å². The Morgan fingerprint density at radius 3 is 2.84 bits per heavy atom. The van der Waals surface area contributed by atoms with Crippen LogP contribution in [0.5, 0.6) is 0 Å².